The zero-order valence-corrected chi connectivity index (χ0v) is 16.0. The Labute approximate surface area is 171 Å². The van der Waals surface area contributed by atoms with Gasteiger partial charge in [0.05, 0.1) is 17.8 Å². The van der Waals surface area contributed by atoms with Crippen molar-refractivity contribution in [2.75, 3.05) is 5.32 Å². The van der Waals surface area contributed by atoms with Gasteiger partial charge in [-0.25, -0.2) is 19.3 Å². The van der Waals surface area contributed by atoms with Gasteiger partial charge in [-0.1, -0.05) is 12.1 Å². The molecular weight excluding hydrogens is 389 g/mol. The van der Waals surface area contributed by atoms with Gasteiger partial charge in [0, 0.05) is 18.3 Å². The number of carboxylic acids is 1. The molecule has 1 saturated carbocycles. The molecule has 30 heavy (non-hydrogen) atoms. The van der Waals surface area contributed by atoms with Crippen LogP contribution in [-0.2, 0) is 4.79 Å². The van der Waals surface area contributed by atoms with Crippen molar-refractivity contribution in [2.24, 2.45) is 5.92 Å². The van der Waals surface area contributed by atoms with Crippen molar-refractivity contribution in [3.8, 4) is 17.2 Å². The topological polar surface area (TPSA) is 110 Å². The first-order chi connectivity index (χ1) is 14.5. The average Bonchev–Trinajstić information content (AvgIpc) is 2.76. The third kappa shape index (κ3) is 4.19. The summed E-state index contributed by atoms with van der Waals surface area (Å²) in [7, 11) is 0. The monoisotopic (exact) mass is 409 g/mol. The summed E-state index contributed by atoms with van der Waals surface area (Å²) in [5.74, 6) is -1.09. The molecule has 0 unspecified atom stereocenters. The van der Waals surface area contributed by atoms with Crippen molar-refractivity contribution >= 4 is 11.9 Å². The van der Waals surface area contributed by atoms with Crippen LogP contribution in [0.15, 0.2) is 53.6 Å². The second-order valence-corrected chi connectivity index (χ2v) is 7.21. The predicted octanol–water partition coefficient (Wildman–Crippen LogP) is 2.88. The minimum Gasteiger partial charge on any atom is -0.481 e. The number of rotatable bonds is 5. The molecule has 0 saturated heterocycles. The molecule has 1 fully saturated rings. The molecule has 4 rings (SSSR count). The Hall–Kier alpha value is -3.62. The highest BCUT2D eigenvalue weighted by atomic mass is 19.1. The van der Waals surface area contributed by atoms with Gasteiger partial charge in [0.25, 0.3) is 5.56 Å². The minimum atomic E-state index is -0.766. The molecule has 2 N–H and O–H groups in total. The van der Waals surface area contributed by atoms with E-state index >= 15 is 0 Å². The Morgan fingerprint density at radius 1 is 1.10 bits per heavy atom. The lowest BCUT2D eigenvalue weighted by atomic mass is 9.86. The maximum Gasteiger partial charge on any atom is 0.306 e. The molecule has 0 spiro atoms. The lowest BCUT2D eigenvalue weighted by Crippen LogP contribution is -2.30. The molecule has 1 aliphatic carbocycles. The number of pyridine rings is 2. The Balaban J connectivity index is 1.57. The average molecular weight is 409 g/mol. The summed E-state index contributed by atoms with van der Waals surface area (Å²) in [5, 5.41) is 12.3. The first kappa shape index (κ1) is 19.7. The van der Waals surface area contributed by atoms with Crippen LogP contribution in [-0.4, -0.2) is 36.6 Å². The summed E-state index contributed by atoms with van der Waals surface area (Å²) >= 11 is 0. The number of aromatic nitrogens is 4. The minimum absolute atomic E-state index is 0.0255. The molecule has 0 radical (unpaired) electrons. The molecule has 0 aromatic carbocycles. The number of carboxylic acid groups (broad SMARTS) is 1. The number of nitrogens with one attached hydrogen (secondary N) is 1. The number of carbonyl (C=O) groups is 1. The molecule has 0 atom stereocenters. The zero-order valence-electron chi connectivity index (χ0n) is 16.0. The van der Waals surface area contributed by atoms with Crippen LogP contribution in [0.2, 0.25) is 0 Å². The fourth-order valence-electron chi connectivity index (χ4n) is 3.59. The quantitative estimate of drug-likeness (QED) is 0.667. The fourth-order valence-corrected chi connectivity index (χ4v) is 3.59. The molecule has 154 valence electrons. The van der Waals surface area contributed by atoms with E-state index in [1.165, 1.54) is 10.6 Å². The third-order valence-electron chi connectivity index (χ3n) is 5.20. The van der Waals surface area contributed by atoms with Crippen LogP contribution >= 0.6 is 0 Å². The predicted molar refractivity (Wildman–Crippen MR) is 108 cm³/mol. The van der Waals surface area contributed by atoms with E-state index in [9.17, 15) is 14.0 Å². The summed E-state index contributed by atoms with van der Waals surface area (Å²) < 4.78 is 15.8. The van der Waals surface area contributed by atoms with Crippen LogP contribution in [0.3, 0.4) is 0 Å². The summed E-state index contributed by atoms with van der Waals surface area (Å²) in [5.41, 5.74) is 0.0583. The van der Waals surface area contributed by atoms with Gasteiger partial charge in [0.1, 0.15) is 11.5 Å². The van der Waals surface area contributed by atoms with Crippen LogP contribution < -0.4 is 10.9 Å². The largest absolute Gasteiger partial charge is 0.481 e. The normalized spacial score (nSPS) is 18.7. The van der Waals surface area contributed by atoms with Gasteiger partial charge < -0.3 is 10.4 Å². The van der Waals surface area contributed by atoms with Gasteiger partial charge in [0.2, 0.25) is 5.95 Å². The Morgan fingerprint density at radius 3 is 2.63 bits per heavy atom. The molecular formula is C21H20FN5O3. The number of hydrogen-bond donors (Lipinski definition) is 2. The maximum absolute atomic E-state index is 14.5. The van der Waals surface area contributed by atoms with Crippen molar-refractivity contribution in [1.82, 2.24) is 19.5 Å². The highest BCUT2D eigenvalue weighted by Gasteiger charge is 2.26. The Morgan fingerprint density at radius 2 is 1.90 bits per heavy atom. The summed E-state index contributed by atoms with van der Waals surface area (Å²) in [4.78, 5) is 35.8. The van der Waals surface area contributed by atoms with E-state index in [4.69, 9.17) is 5.11 Å². The summed E-state index contributed by atoms with van der Waals surface area (Å²) in [6.07, 6.45) is 5.18. The number of halogens is 1. The van der Waals surface area contributed by atoms with E-state index in [0.717, 1.165) is 6.20 Å². The molecule has 1 aliphatic rings. The summed E-state index contributed by atoms with van der Waals surface area (Å²) in [6.45, 7) is 0. The first-order valence-corrected chi connectivity index (χ1v) is 9.68. The SMILES string of the molecule is O=c1ccccn1-c1cccc(-c2nc(N[C@H]3CC[C@H](C(=O)O)CC3)ncc2F)n1. The van der Waals surface area contributed by atoms with Crippen molar-refractivity contribution in [3.63, 3.8) is 0 Å². The fraction of sp³-hybridized carbons (Fsp3) is 0.286. The molecule has 3 heterocycles. The van der Waals surface area contributed by atoms with Gasteiger partial charge in [-0.05, 0) is 43.9 Å². The smallest absolute Gasteiger partial charge is 0.306 e. The molecule has 0 amide bonds. The molecule has 9 heteroatoms. The van der Waals surface area contributed by atoms with Crippen molar-refractivity contribution < 1.29 is 14.3 Å². The van der Waals surface area contributed by atoms with E-state index in [0.29, 0.717) is 31.5 Å². The second kappa shape index (κ2) is 8.40. The molecule has 3 aromatic heterocycles. The lowest BCUT2D eigenvalue weighted by molar-refractivity contribution is -0.142. The molecule has 3 aromatic rings. The molecule has 0 bridgehead atoms. The molecule has 8 nitrogen and oxygen atoms in total. The van der Waals surface area contributed by atoms with Crippen molar-refractivity contribution in [2.45, 2.75) is 31.7 Å². The van der Waals surface area contributed by atoms with Crippen LogP contribution in [0.5, 0.6) is 0 Å². The van der Waals surface area contributed by atoms with Gasteiger partial charge in [-0.15, -0.1) is 0 Å². The third-order valence-corrected chi connectivity index (χ3v) is 5.20. The van der Waals surface area contributed by atoms with Crippen LogP contribution in [0.4, 0.5) is 10.3 Å². The number of anilines is 1. The maximum atomic E-state index is 14.5. The first-order valence-electron chi connectivity index (χ1n) is 9.68. The van der Waals surface area contributed by atoms with Crippen molar-refractivity contribution in [3.05, 3.63) is 65.0 Å². The van der Waals surface area contributed by atoms with E-state index in [1.54, 1.807) is 36.5 Å². The van der Waals surface area contributed by atoms with E-state index in [-0.39, 0.29) is 34.9 Å². The van der Waals surface area contributed by atoms with E-state index in [1.807, 2.05) is 0 Å². The number of hydrogen-bond acceptors (Lipinski definition) is 6. The summed E-state index contributed by atoms with van der Waals surface area (Å²) in [6, 6.07) is 9.74. The number of nitrogens with zero attached hydrogens (tertiary/aromatic N) is 4. The lowest BCUT2D eigenvalue weighted by Gasteiger charge is -2.26. The van der Waals surface area contributed by atoms with Gasteiger partial charge in [-0.3, -0.25) is 14.2 Å². The van der Waals surface area contributed by atoms with Gasteiger partial charge in [-0.2, -0.15) is 0 Å². The number of aliphatic carboxylic acids is 1. The second-order valence-electron chi connectivity index (χ2n) is 7.21. The highest BCUT2D eigenvalue weighted by Crippen LogP contribution is 2.27. The van der Waals surface area contributed by atoms with E-state index in [2.05, 4.69) is 20.3 Å². The van der Waals surface area contributed by atoms with Crippen LogP contribution in [0, 0.1) is 11.7 Å². The van der Waals surface area contributed by atoms with Crippen LogP contribution in [0.1, 0.15) is 25.7 Å². The van der Waals surface area contributed by atoms with E-state index < -0.39 is 11.8 Å². The Kier molecular flexibility index (Phi) is 5.51. The van der Waals surface area contributed by atoms with Gasteiger partial charge in [0.15, 0.2) is 5.82 Å². The molecule has 0 aliphatic heterocycles. The standard InChI is InChI=1S/C21H20FN5O3/c22-15-12-23-21(24-14-9-7-13(8-10-14)20(29)30)26-19(15)16-4-3-5-17(25-16)27-11-2-1-6-18(27)28/h1-6,11-14H,7-10H2,(H,29,30)(H,23,24,26)/t13-,14-. The Bertz CT molecular complexity index is 1130. The van der Waals surface area contributed by atoms with Crippen LogP contribution in [0.25, 0.3) is 17.2 Å². The van der Waals surface area contributed by atoms with Crippen molar-refractivity contribution in [1.29, 1.82) is 0 Å². The van der Waals surface area contributed by atoms with Gasteiger partial charge >= 0.3 is 5.97 Å². The highest BCUT2D eigenvalue weighted by molar-refractivity contribution is 5.70. The zero-order chi connectivity index (χ0) is 21.1.